The molecule has 3 aliphatic rings. The summed E-state index contributed by atoms with van der Waals surface area (Å²) in [6.45, 7) is 6.29. The molecular formula is C24H37N3O2. The predicted octanol–water partition coefficient (Wildman–Crippen LogP) is 3.44. The van der Waals surface area contributed by atoms with E-state index < -0.39 is 0 Å². The minimum Gasteiger partial charge on any atom is -0.376 e. The average molecular weight is 400 g/mol. The van der Waals surface area contributed by atoms with Crippen molar-refractivity contribution in [2.75, 3.05) is 44.2 Å². The summed E-state index contributed by atoms with van der Waals surface area (Å²) in [5, 5.41) is 3.06. The van der Waals surface area contributed by atoms with Crippen LogP contribution >= 0.6 is 0 Å². The normalized spacial score (nSPS) is 24.7. The van der Waals surface area contributed by atoms with Crippen LogP contribution in [-0.2, 0) is 9.53 Å². The van der Waals surface area contributed by atoms with Gasteiger partial charge in [-0.3, -0.25) is 4.79 Å². The minimum atomic E-state index is 0.205. The van der Waals surface area contributed by atoms with Crippen LogP contribution in [0.25, 0.3) is 0 Å². The van der Waals surface area contributed by atoms with Crippen LogP contribution in [0.5, 0.6) is 0 Å². The molecule has 1 atom stereocenters. The van der Waals surface area contributed by atoms with Gasteiger partial charge in [-0.1, -0.05) is 18.2 Å². The van der Waals surface area contributed by atoms with Crippen molar-refractivity contribution in [2.45, 2.75) is 63.5 Å². The van der Waals surface area contributed by atoms with Gasteiger partial charge < -0.3 is 19.9 Å². The molecule has 3 fully saturated rings. The number of para-hydroxylation sites is 1. The highest BCUT2D eigenvalue weighted by Crippen LogP contribution is 2.28. The molecule has 3 heterocycles. The lowest BCUT2D eigenvalue weighted by Gasteiger charge is -2.42. The molecule has 29 heavy (non-hydrogen) atoms. The number of likely N-dealkylation sites (tertiary alicyclic amines) is 1. The molecule has 0 aromatic heterocycles. The standard InChI is InChI=1S/C24H37N3O2/c28-24(25-19-23-7-4-18-29-23)9-8-20-10-14-26(15-11-20)22-12-16-27(17-13-22)21-5-2-1-3-6-21/h1-3,5-6,20,22-23H,4,7-19H2,(H,25,28)/t23-/m0/s1. The third kappa shape index (κ3) is 5.95. The first-order chi connectivity index (χ1) is 14.3. The first-order valence-corrected chi connectivity index (χ1v) is 11.7. The number of piperidine rings is 2. The van der Waals surface area contributed by atoms with Gasteiger partial charge in [0, 0.05) is 44.4 Å². The van der Waals surface area contributed by atoms with E-state index in [1.807, 2.05) is 0 Å². The molecule has 1 N–H and O–H groups in total. The van der Waals surface area contributed by atoms with Crippen molar-refractivity contribution in [1.82, 2.24) is 10.2 Å². The van der Waals surface area contributed by atoms with Gasteiger partial charge in [0.1, 0.15) is 0 Å². The average Bonchev–Trinajstić information content (AvgIpc) is 3.31. The summed E-state index contributed by atoms with van der Waals surface area (Å²) in [6.07, 6.45) is 9.21. The fourth-order valence-electron chi connectivity index (χ4n) is 5.19. The number of nitrogens with zero attached hydrogens (tertiary/aromatic N) is 2. The number of ether oxygens (including phenoxy) is 1. The van der Waals surface area contributed by atoms with Crippen molar-refractivity contribution < 1.29 is 9.53 Å². The molecule has 4 rings (SSSR count). The summed E-state index contributed by atoms with van der Waals surface area (Å²) in [4.78, 5) is 17.4. The molecule has 1 aromatic carbocycles. The van der Waals surface area contributed by atoms with Crippen molar-refractivity contribution in [3.05, 3.63) is 30.3 Å². The van der Waals surface area contributed by atoms with E-state index in [4.69, 9.17) is 4.74 Å². The summed E-state index contributed by atoms with van der Waals surface area (Å²) in [7, 11) is 0. The highest BCUT2D eigenvalue weighted by atomic mass is 16.5. The topological polar surface area (TPSA) is 44.8 Å². The van der Waals surface area contributed by atoms with Gasteiger partial charge in [0.05, 0.1) is 6.10 Å². The number of anilines is 1. The Balaban J connectivity index is 1.11. The van der Waals surface area contributed by atoms with E-state index in [-0.39, 0.29) is 12.0 Å². The van der Waals surface area contributed by atoms with E-state index in [2.05, 4.69) is 45.4 Å². The molecule has 5 heteroatoms. The zero-order valence-electron chi connectivity index (χ0n) is 17.7. The molecular weight excluding hydrogens is 362 g/mol. The molecule has 160 valence electrons. The SMILES string of the molecule is O=C(CCC1CCN(C2CCN(c3ccccc3)CC2)CC1)NC[C@@H]1CCCO1. The first-order valence-electron chi connectivity index (χ1n) is 11.7. The molecule has 3 aliphatic heterocycles. The zero-order chi connectivity index (χ0) is 19.9. The molecule has 0 bridgehead atoms. The van der Waals surface area contributed by atoms with Gasteiger partial charge in [0.25, 0.3) is 0 Å². The second kappa shape index (κ2) is 10.4. The monoisotopic (exact) mass is 399 g/mol. The second-order valence-corrected chi connectivity index (χ2v) is 9.01. The Bertz CT molecular complexity index is 616. The first kappa shape index (κ1) is 20.7. The van der Waals surface area contributed by atoms with Crippen LogP contribution in [0.4, 0.5) is 5.69 Å². The maximum absolute atomic E-state index is 12.1. The smallest absolute Gasteiger partial charge is 0.220 e. The lowest BCUT2D eigenvalue weighted by atomic mass is 9.90. The third-order valence-electron chi connectivity index (χ3n) is 7.08. The summed E-state index contributed by atoms with van der Waals surface area (Å²) in [5.74, 6) is 0.917. The lowest BCUT2D eigenvalue weighted by molar-refractivity contribution is -0.122. The minimum absolute atomic E-state index is 0.205. The molecule has 1 aromatic rings. The number of hydrogen-bond acceptors (Lipinski definition) is 4. The molecule has 5 nitrogen and oxygen atoms in total. The van der Waals surface area contributed by atoms with Crippen molar-refractivity contribution in [3.63, 3.8) is 0 Å². The number of carbonyl (C=O) groups excluding carboxylic acids is 1. The highest BCUT2D eigenvalue weighted by molar-refractivity contribution is 5.75. The van der Waals surface area contributed by atoms with Crippen LogP contribution in [0.15, 0.2) is 30.3 Å². The van der Waals surface area contributed by atoms with Crippen molar-refractivity contribution >= 4 is 11.6 Å². The highest BCUT2D eigenvalue weighted by Gasteiger charge is 2.28. The summed E-state index contributed by atoms with van der Waals surface area (Å²) in [6, 6.07) is 11.6. The Morgan fingerprint density at radius 3 is 2.45 bits per heavy atom. The number of benzene rings is 1. The quantitative estimate of drug-likeness (QED) is 0.763. The number of rotatable bonds is 7. The van der Waals surface area contributed by atoms with Crippen molar-refractivity contribution in [2.24, 2.45) is 5.92 Å². The van der Waals surface area contributed by atoms with Gasteiger partial charge in [-0.25, -0.2) is 0 Å². The van der Waals surface area contributed by atoms with Gasteiger partial charge in [0.15, 0.2) is 0 Å². The van der Waals surface area contributed by atoms with E-state index in [1.165, 1.54) is 57.5 Å². The largest absolute Gasteiger partial charge is 0.376 e. The number of hydrogen-bond donors (Lipinski definition) is 1. The third-order valence-corrected chi connectivity index (χ3v) is 7.08. The molecule has 0 unspecified atom stereocenters. The Morgan fingerprint density at radius 2 is 1.76 bits per heavy atom. The zero-order valence-corrected chi connectivity index (χ0v) is 17.7. The lowest BCUT2D eigenvalue weighted by Crippen LogP contribution is -2.47. The molecule has 1 amide bonds. The van der Waals surface area contributed by atoms with E-state index >= 15 is 0 Å². The Morgan fingerprint density at radius 1 is 1.00 bits per heavy atom. The maximum atomic E-state index is 12.1. The Kier molecular flexibility index (Phi) is 7.44. The fraction of sp³-hybridized carbons (Fsp3) is 0.708. The summed E-state index contributed by atoms with van der Waals surface area (Å²) in [5.41, 5.74) is 1.36. The maximum Gasteiger partial charge on any atom is 0.220 e. The molecule has 3 saturated heterocycles. The van der Waals surface area contributed by atoms with Crippen LogP contribution in [0, 0.1) is 5.92 Å². The second-order valence-electron chi connectivity index (χ2n) is 9.01. The van der Waals surface area contributed by atoms with Gasteiger partial charge in [-0.05, 0) is 76.1 Å². The van der Waals surface area contributed by atoms with Crippen LogP contribution < -0.4 is 10.2 Å². The molecule has 0 saturated carbocycles. The van der Waals surface area contributed by atoms with Crippen molar-refractivity contribution in [3.8, 4) is 0 Å². The van der Waals surface area contributed by atoms with E-state index in [9.17, 15) is 4.79 Å². The van der Waals surface area contributed by atoms with Crippen molar-refractivity contribution in [1.29, 1.82) is 0 Å². The molecule has 0 radical (unpaired) electrons. The van der Waals surface area contributed by atoms with Crippen LogP contribution in [0.3, 0.4) is 0 Å². The molecule has 0 spiro atoms. The van der Waals surface area contributed by atoms with Gasteiger partial charge >= 0.3 is 0 Å². The van der Waals surface area contributed by atoms with Crippen LogP contribution in [0.2, 0.25) is 0 Å². The number of nitrogens with one attached hydrogen (secondary N) is 1. The van der Waals surface area contributed by atoms with Gasteiger partial charge in [0.2, 0.25) is 5.91 Å². The van der Waals surface area contributed by atoms with Gasteiger partial charge in [-0.2, -0.15) is 0 Å². The Labute approximate surface area is 175 Å². The fourth-order valence-corrected chi connectivity index (χ4v) is 5.19. The van der Waals surface area contributed by atoms with E-state index in [1.54, 1.807) is 0 Å². The van der Waals surface area contributed by atoms with E-state index in [0.29, 0.717) is 18.9 Å². The van der Waals surface area contributed by atoms with Crippen LogP contribution in [-0.4, -0.2) is 62.3 Å². The predicted molar refractivity (Wildman–Crippen MR) is 117 cm³/mol. The number of carbonyl (C=O) groups is 1. The van der Waals surface area contributed by atoms with Gasteiger partial charge in [-0.15, -0.1) is 0 Å². The number of amides is 1. The summed E-state index contributed by atoms with van der Waals surface area (Å²) < 4.78 is 5.58. The Hall–Kier alpha value is -1.59. The van der Waals surface area contributed by atoms with Crippen LogP contribution in [0.1, 0.15) is 51.4 Å². The molecule has 0 aliphatic carbocycles. The van der Waals surface area contributed by atoms with E-state index in [0.717, 1.165) is 31.9 Å². The summed E-state index contributed by atoms with van der Waals surface area (Å²) >= 11 is 0.